The molecule has 0 spiro atoms. The van der Waals surface area contributed by atoms with Gasteiger partial charge in [-0.3, -0.25) is 0 Å². The molecular weight excluding hydrogens is 348 g/mol. The zero-order valence-corrected chi connectivity index (χ0v) is 16.5. The molecule has 5 aromatic rings. The monoisotopic (exact) mass is 368 g/mol. The maximum Gasteiger partial charge on any atom is 0.0930 e. The third-order valence-corrected chi connectivity index (χ3v) is 6.08. The van der Waals surface area contributed by atoms with Crippen LogP contribution < -0.4 is 0 Å². The second-order valence-corrected chi connectivity index (χ2v) is 9.05. The van der Waals surface area contributed by atoms with Gasteiger partial charge in [-0.15, -0.1) is 11.3 Å². The molecule has 0 bridgehead atoms. The van der Waals surface area contributed by atoms with Gasteiger partial charge in [-0.1, -0.05) is 57.2 Å². The number of aromatic nitrogens is 2. The van der Waals surface area contributed by atoms with E-state index in [1.54, 1.807) is 0 Å². The summed E-state index contributed by atoms with van der Waals surface area (Å²) in [6, 6.07) is 23.4. The Morgan fingerprint density at radius 1 is 0.704 bits per heavy atom. The fourth-order valence-corrected chi connectivity index (χ4v) is 4.68. The molecule has 0 amide bonds. The largest absolute Gasteiger partial charge is 0.248 e. The van der Waals surface area contributed by atoms with Crippen LogP contribution in [0.5, 0.6) is 0 Å². The molecule has 5 rings (SSSR count). The van der Waals surface area contributed by atoms with Crippen LogP contribution in [-0.4, -0.2) is 9.97 Å². The maximum atomic E-state index is 5.02. The number of hydrogen-bond donors (Lipinski definition) is 0. The lowest BCUT2D eigenvalue weighted by Gasteiger charge is -2.21. The molecule has 0 aliphatic heterocycles. The predicted octanol–water partition coefficient (Wildman–Crippen LogP) is 6.96. The number of hydrogen-bond acceptors (Lipinski definition) is 3. The molecule has 132 valence electrons. The molecule has 27 heavy (non-hydrogen) atoms. The molecule has 0 radical (unpaired) electrons. The van der Waals surface area contributed by atoms with Gasteiger partial charge in [0, 0.05) is 31.2 Å². The quantitative estimate of drug-likeness (QED) is 0.319. The molecule has 2 heterocycles. The van der Waals surface area contributed by atoms with Crippen molar-refractivity contribution in [2.75, 3.05) is 0 Å². The predicted molar refractivity (Wildman–Crippen MR) is 117 cm³/mol. The van der Waals surface area contributed by atoms with Crippen LogP contribution in [0.3, 0.4) is 0 Å². The minimum Gasteiger partial charge on any atom is -0.248 e. The van der Waals surface area contributed by atoms with Gasteiger partial charge in [0.25, 0.3) is 0 Å². The summed E-state index contributed by atoms with van der Waals surface area (Å²) in [5.41, 5.74) is 4.97. The molecule has 2 nitrogen and oxygen atoms in total. The molecule has 0 aliphatic carbocycles. The van der Waals surface area contributed by atoms with Crippen molar-refractivity contribution in [3.8, 4) is 11.3 Å². The first-order valence-corrected chi connectivity index (χ1v) is 10.0. The molecule has 0 fully saturated rings. The van der Waals surface area contributed by atoms with Crippen molar-refractivity contribution in [1.82, 2.24) is 9.97 Å². The Morgan fingerprint density at radius 2 is 1.37 bits per heavy atom. The maximum absolute atomic E-state index is 5.02. The van der Waals surface area contributed by atoms with Crippen molar-refractivity contribution in [1.29, 1.82) is 0 Å². The van der Waals surface area contributed by atoms with Crippen molar-refractivity contribution in [2.24, 2.45) is 0 Å². The molecule has 3 heteroatoms. The van der Waals surface area contributed by atoms with Crippen LogP contribution in [0, 0.1) is 0 Å². The average molecular weight is 369 g/mol. The van der Waals surface area contributed by atoms with E-state index in [1.807, 2.05) is 35.6 Å². The second-order valence-electron chi connectivity index (χ2n) is 7.97. The van der Waals surface area contributed by atoms with Crippen molar-refractivity contribution in [3.05, 3.63) is 72.4 Å². The SMILES string of the molecule is CC(C)(C)c1nc2ccccc2nc1-c1ccc2sc3ccccc3c2c1. The summed E-state index contributed by atoms with van der Waals surface area (Å²) in [5.74, 6) is 0. The Hall–Kier alpha value is -2.78. The van der Waals surface area contributed by atoms with E-state index in [-0.39, 0.29) is 5.41 Å². The first-order chi connectivity index (χ1) is 13.0. The lowest BCUT2D eigenvalue weighted by molar-refractivity contribution is 0.571. The van der Waals surface area contributed by atoms with Crippen LogP contribution in [0.15, 0.2) is 66.7 Å². The molecule has 3 aromatic carbocycles. The van der Waals surface area contributed by atoms with Crippen molar-refractivity contribution >= 4 is 42.5 Å². The molecule has 0 saturated carbocycles. The van der Waals surface area contributed by atoms with Crippen molar-refractivity contribution < 1.29 is 0 Å². The minimum absolute atomic E-state index is 0.0853. The van der Waals surface area contributed by atoms with E-state index in [1.165, 1.54) is 20.2 Å². The standard InChI is InChI=1S/C24H20N2S/c1-24(2,3)23-22(25-18-9-5-6-10-19(18)26-23)15-12-13-21-17(14-15)16-8-4-7-11-20(16)27-21/h4-14H,1-3H3. The van der Waals surface area contributed by atoms with Gasteiger partial charge in [0.15, 0.2) is 0 Å². The summed E-state index contributed by atoms with van der Waals surface area (Å²) in [4.78, 5) is 10.0. The number of fused-ring (bicyclic) bond motifs is 4. The minimum atomic E-state index is -0.0853. The summed E-state index contributed by atoms with van der Waals surface area (Å²) in [6.07, 6.45) is 0. The number of nitrogens with zero attached hydrogens (tertiary/aromatic N) is 2. The fourth-order valence-electron chi connectivity index (χ4n) is 3.60. The molecule has 0 saturated heterocycles. The summed E-state index contributed by atoms with van der Waals surface area (Å²) < 4.78 is 2.64. The van der Waals surface area contributed by atoms with E-state index >= 15 is 0 Å². The van der Waals surface area contributed by atoms with Gasteiger partial charge in [0.2, 0.25) is 0 Å². The van der Waals surface area contributed by atoms with Crippen molar-refractivity contribution in [3.63, 3.8) is 0 Å². The van der Waals surface area contributed by atoms with Crippen LogP contribution in [0.2, 0.25) is 0 Å². The smallest absolute Gasteiger partial charge is 0.0930 e. The number of benzene rings is 3. The Balaban J connectivity index is 1.83. The van der Waals surface area contributed by atoms with Gasteiger partial charge in [0.05, 0.1) is 22.4 Å². The Kier molecular flexibility index (Phi) is 3.56. The fraction of sp³-hybridized carbons (Fsp3) is 0.167. The summed E-state index contributed by atoms with van der Waals surface area (Å²) in [5, 5.41) is 2.60. The molecule has 0 aliphatic rings. The summed E-state index contributed by atoms with van der Waals surface area (Å²) in [7, 11) is 0. The summed E-state index contributed by atoms with van der Waals surface area (Å²) in [6.45, 7) is 6.61. The zero-order valence-electron chi connectivity index (χ0n) is 15.7. The molecule has 0 N–H and O–H groups in total. The van der Waals surface area contributed by atoms with Crippen LogP contribution in [0.1, 0.15) is 26.5 Å². The Morgan fingerprint density at radius 3 is 2.15 bits per heavy atom. The third kappa shape index (κ3) is 2.70. The van der Waals surface area contributed by atoms with E-state index in [0.717, 1.165) is 28.0 Å². The molecule has 0 atom stereocenters. The Bertz CT molecular complexity index is 1310. The highest BCUT2D eigenvalue weighted by atomic mass is 32.1. The lowest BCUT2D eigenvalue weighted by Crippen LogP contribution is -2.16. The van der Waals surface area contributed by atoms with Gasteiger partial charge in [-0.05, 0) is 30.3 Å². The first kappa shape index (κ1) is 16.4. The van der Waals surface area contributed by atoms with E-state index in [0.29, 0.717) is 0 Å². The first-order valence-electron chi connectivity index (χ1n) is 9.20. The molecule has 2 aromatic heterocycles. The van der Waals surface area contributed by atoms with E-state index in [4.69, 9.17) is 9.97 Å². The normalized spacial score (nSPS) is 12.3. The Labute approximate surface area is 162 Å². The highest BCUT2D eigenvalue weighted by Crippen LogP contribution is 2.38. The summed E-state index contributed by atoms with van der Waals surface area (Å²) >= 11 is 1.84. The number of rotatable bonds is 1. The average Bonchev–Trinajstić information content (AvgIpc) is 3.04. The number of para-hydroxylation sites is 2. The third-order valence-electron chi connectivity index (χ3n) is 4.93. The van der Waals surface area contributed by atoms with Crippen molar-refractivity contribution in [2.45, 2.75) is 26.2 Å². The van der Waals surface area contributed by atoms with E-state index in [9.17, 15) is 0 Å². The van der Waals surface area contributed by atoms with Crippen LogP contribution >= 0.6 is 11.3 Å². The van der Waals surface area contributed by atoms with Gasteiger partial charge in [0.1, 0.15) is 0 Å². The van der Waals surface area contributed by atoms with Gasteiger partial charge >= 0.3 is 0 Å². The van der Waals surface area contributed by atoms with Gasteiger partial charge < -0.3 is 0 Å². The van der Waals surface area contributed by atoms with Gasteiger partial charge in [-0.2, -0.15) is 0 Å². The van der Waals surface area contributed by atoms with Crippen LogP contribution in [0.25, 0.3) is 42.5 Å². The van der Waals surface area contributed by atoms with E-state index in [2.05, 4.69) is 63.2 Å². The van der Waals surface area contributed by atoms with Crippen LogP contribution in [0.4, 0.5) is 0 Å². The molecule has 0 unspecified atom stereocenters. The molecular formula is C24H20N2S. The van der Waals surface area contributed by atoms with Gasteiger partial charge in [-0.25, -0.2) is 9.97 Å². The van der Waals surface area contributed by atoms with E-state index < -0.39 is 0 Å². The highest BCUT2D eigenvalue weighted by molar-refractivity contribution is 7.25. The highest BCUT2D eigenvalue weighted by Gasteiger charge is 2.23. The van der Waals surface area contributed by atoms with Crippen LogP contribution in [-0.2, 0) is 5.41 Å². The zero-order chi connectivity index (χ0) is 18.6. The number of thiophene rings is 1. The second kappa shape index (κ2) is 5.86. The lowest BCUT2D eigenvalue weighted by atomic mass is 9.88. The topological polar surface area (TPSA) is 25.8 Å².